The van der Waals surface area contributed by atoms with Crippen molar-refractivity contribution in [2.75, 3.05) is 13.1 Å². The largest absolute Gasteiger partial charge is 0.480 e. The first-order chi connectivity index (χ1) is 7.99. The van der Waals surface area contributed by atoms with Crippen molar-refractivity contribution in [1.82, 2.24) is 10.2 Å². The van der Waals surface area contributed by atoms with E-state index < -0.39 is 24.0 Å². The van der Waals surface area contributed by atoms with Crippen LogP contribution in [0.25, 0.3) is 0 Å². The quantitative estimate of drug-likeness (QED) is 0.528. The van der Waals surface area contributed by atoms with E-state index in [-0.39, 0.29) is 37.7 Å². The van der Waals surface area contributed by atoms with Gasteiger partial charge >= 0.3 is 5.97 Å². The number of hydrogen-bond donors (Lipinski definition) is 3. The molecule has 2 heterocycles. The van der Waals surface area contributed by atoms with Crippen LogP contribution in [0.2, 0.25) is 0 Å². The molecule has 3 N–H and O–H groups in total. The van der Waals surface area contributed by atoms with Gasteiger partial charge in [-0.2, -0.15) is 0 Å². The highest BCUT2D eigenvalue weighted by Crippen LogP contribution is 2.23. The Kier molecular flexibility index (Phi) is 3.01. The summed E-state index contributed by atoms with van der Waals surface area (Å²) in [6.07, 6.45) is -0.655. The number of nitrogens with one attached hydrogen (secondary N) is 1. The Labute approximate surface area is 97.4 Å². The second-order valence-corrected chi connectivity index (χ2v) is 4.44. The first-order valence-corrected chi connectivity index (χ1v) is 5.47. The zero-order chi connectivity index (χ0) is 12.6. The van der Waals surface area contributed by atoms with Crippen molar-refractivity contribution >= 4 is 17.8 Å². The van der Waals surface area contributed by atoms with Gasteiger partial charge in [0, 0.05) is 25.9 Å². The average molecular weight is 242 g/mol. The smallest absolute Gasteiger partial charge is 0.326 e. The van der Waals surface area contributed by atoms with Crippen LogP contribution in [0.1, 0.15) is 12.8 Å². The molecule has 1 unspecified atom stereocenters. The normalized spacial score (nSPS) is 32.6. The van der Waals surface area contributed by atoms with Crippen molar-refractivity contribution in [1.29, 1.82) is 0 Å². The SMILES string of the molecule is O=C1CC(C(=O)N2C[C@H](O)C[C@@H]2C(=O)O)CN1. The Bertz CT molecular complexity index is 370. The van der Waals surface area contributed by atoms with Gasteiger partial charge in [-0.15, -0.1) is 0 Å². The third kappa shape index (κ3) is 2.23. The molecule has 0 aromatic carbocycles. The summed E-state index contributed by atoms with van der Waals surface area (Å²) in [6, 6.07) is -0.979. The van der Waals surface area contributed by atoms with E-state index in [0.29, 0.717) is 0 Å². The van der Waals surface area contributed by atoms with Crippen molar-refractivity contribution in [3.63, 3.8) is 0 Å². The van der Waals surface area contributed by atoms with Gasteiger partial charge in [-0.1, -0.05) is 0 Å². The Morgan fingerprint density at radius 2 is 2.12 bits per heavy atom. The van der Waals surface area contributed by atoms with Crippen LogP contribution in [-0.2, 0) is 14.4 Å². The molecule has 3 atom stereocenters. The lowest BCUT2D eigenvalue weighted by Gasteiger charge is -2.23. The summed E-state index contributed by atoms with van der Waals surface area (Å²) in [6.45, 7) is 0.275. The van der Waals surface area contributed by atoms with Crippen LogP contribution in [0.5, 0.6) is 0 Å². The Balaban J connectivity index is 2.07. The minimum absolute atomic E-state index is 0.0283. The van der Waals surface area contributed by atoms with Crippen molar-refractivity contribution in [2.45, 2.75) is 25.0 Å². The molecule has 2 fully saturated rings. The molecule has 2 aliphatic heterocycles. The molecule has 2 saturated heterocycles. The lowest BCUT2D eigenvalue weighted by Crippen LogP contribution is -2.44. The number of β-amino-alcohol motifs (C(OH)–C–C–N with tert-alkyl or cyclic N) is 1. The van der Waals surface area contributed by atoms with Crippen LogP contribution in [0.15, 0.2) is 0 Å². The summed E-state index contributed by atoms with van der Waals surface area (Å²) in [7, 11) is 0. The van der Waals surface area contributed by atoms with Crippen LogP contribution in [-0.4, -0.2) is 58.1 Å². The predicted molar refractivity (Wildman–Crippen MR) is 54.9 cm³/mol. The fraction of sp³-hybridized carbons (Fsp3) is 0.700. The summed E-state index contributed by atoms with van der Waals surface area (Å²) in [5.41, 5.74) is 0. The molecular weight excluding hydrogens is 228 g/mol. The van der Waals surface area contributed by atoms with Gasteiger partial charge in [0.1, 0.15) is 6.04 Å². The van der Waals surface area contributed by atoms with E-state index in [1.54, 1.807) is 0 Å². The number of carboxylic acids is 1. The molecule has 0 saturated carbocycles. The minimum atomic E-state index is -1.12. The van der Waals surface area contributed by atoms with E-state index in [0.717, 1.165) is 4.90 Å². The topological polar surface area (TPSA) is 107 Å². The third-order valence-electron chi connectivity index (χ3n) is 3.17. The number of nitrogens with zero attached hydrogens (tertiary/aromatic N) is 1. The van der Waals surface area contributed by atoms with Gasteiger partial charge in [0.2, 0.25) is 11.8 Å². The molecule has 0 aliphatic carbocycles. The molecule has 2 aliphatic rings. The van der Waals surface area contributed by atoms with E-state index in [1.807, 2.05) is 0 Å². The van der Waals surface area contributed by atoms with E-state index in [1.165, 1.54) is 0 Å². The van der Waals surface area contributed by atoms with Gasteiger partial charge in [0.05, 0.1) is 12.0 Å². The minimum Gasteiger partial charge on any atom is -0.480 e. The molecule has 0 aromatic rings. The summed E-state index contributed by atoms with van der Waals surface area (Å²) >= 11 is 0. The number of carboxylic acid groups (broad SMARTS) is 1. The molecule has 0 bridgehead atoms. The molecule has 0 radical (unpaired) electrons. The van der Waals surface area contributed by atoms with Crippen LogP contribution >= 0.6 is 0 Å². The standard InChI is InChI=1S/C10H14N2O5/c13-6-2-7(10(16)17)12(4-6)9(15)5-1-8(14)11-3-5/h5-7,13H,1-4H2,(H,11,14)(H,16,17)/t5?,6-,7-/m1/s1. The first-order valence-electron chi connectivity index (χ1n) is 5.47. The summed E-state index contributed by atoms with van der Waals surface area (Å²) in [4.78, 5) is 35.1. The van der Waals surface area contributed by atoms with Crippen molar-refractivity contribution < 1.29 is 24.6 Å². The second kappa shape index (κ2) is 4.33. The van der Waals surface area contributed by atoms with Gasteiger partial charge in [-0.3, -0.25) is 9.59 Å². The number of likely N-dealkylation sites (tertiary alicyclic amines) is 1. The molecule has 0 spiro atoms. The Morgan fingerprint density at radius 1 is 1.41 bits per heavy atom. The highest BCUT2D eigenvalue weighted by atomic mass is 16.4. The lowest BCUT2D eigenvalue weighted by atomic mass is 10.1. The van der Waals surface area contributed by atoms with E-state index in [9.17, 15) is 19.5 Å². The number of rotatable bonds is 2. The van der Waals surface area contributed by atoms with E-state index in [4.69, 9.17) is 5.11 Å². The number of amides is 2. The average Bonchev–Trinajstić information content (AvgIpc) is 2.83. The first kappa shape index (κ1) is 11.8. The fourth-order valence-electron chi connectivity index (χ4n) is 2.31. The maximum atomic E-state index is 12.0. The van der Waals surface area contributed by atoms with Gasteiger partial charge in [0.15, 0.2) is 0 Å². The molecule has 2 amide bonds. The molecule has 94 valence electrons. The maximum absolute atomic E-state index is 12.0. The molecule has 0 aromatic heterocycles. The van der Waals surface area contributed by atoms with Gasteiger partial charge in [0.25, 0.3) is 0 Å². The summed E-state index contributed by atoms with van der Waals surface area (Å²) in [5.74, 6) is -2.19. The molecular formula is C10H14N2O5. The van der Waals surface area contributed by atoms with E-state index in [2.05, 4.69) is 5.32 Å². The molecule has 7 nitrogen and oxygen atoms in total. The van der Waals surface area contributed by atoms with Crippen molar-refractivity contribution in [3.8, 4) is 0 Å². The summed E-state index contributed by atoms with van der Waals surface area (Å²) < 4.78 is 0. The van der Waals surface area contributed by atoms with E-state index >= 15 is 0 Å². The Morgan fingerprint density at radius 3 is 2.65 bits per heavy atom. The third-order valence-corrected chi connectivity index (χ3v) is 3.17. The van der Waals surface area contributed by atoms with Crippen LogP contribution in [0, 0.1) is 5.92 Å². The van der Waals surface area contributed by atoms with Crippen molar-refractivity contribution in [2.24, 2.45) is 5.92 Å². The number of aliphatic carboxylic acids is 1. The molecule has 17 heavy (non-hydrogen) atoms. The number of carbonyl (C=O) groups is 3. The second-order valence-electron chi connectivity index (χ2n) is 4.44. The zero-order valence-electron chi connectivity index (χ0n) is 9.13. The highest BCUT2D eigenvalue weighted by molar-refractivity contribution is 5.91. The zero-order valence-corrected chi connectivity index (χ0v) is 9.13. The Hall–Kier alpha value is -1.63. The van der Waals surface area contributed by atoms with Crippen LogP contribution in [0.3, 0.4) is 0 Å². The maximum Gasteiger partial charge on any atom is 0.326 e. The fourth-order valence-corrected chi connectivity index (χ4v) is 2.31. The number of aliphatic hydroxyl groups is 1. The number of hydrogen-bond acceptors (Lipinski definition) is 4. The monoisotopic (exact) mass is 242 g/mol. The molecule has 7 heteroatoms. The highest BCUT2D eigenvalue weighted by Gasteiger charge is 2.42. The van der Waals surface area contributed by atoms with Crippen LogP contribution < -0.4 is 5.32 Å². The number of carbonyl (C=O) groups excluding carboxylic acids is 2. The lowest BCUT2D eigenvalue weighted by molar-refractivity contribution is -0.149. The predicted octanol–water partition coefficient (Wildman–Crippen LogP) is -1.83. The number of aliphatic hydroxyl groups excluding tert-OH is 1. The van der Waals surface area contributed by atoms with Gasteiger partial charge in [-0.25, -0.2) is 4.79 Å². The summed E-state index contributed by atoms with van der Waals surface area (Å²) in [5, 5.41) is 20.9. The van der Waals surface area contributed by atoms with Gasteiger partial charge in [-0.05, 0) is 0 Å². The van der Waals surface area contributed by atoms with Crippen LogP contribution in [0.4, 0.5) is 0 Å². The molecule has 2 rings (SSSR count). The van der Waals surface area contributed by atoms with Crippen molar-refractivity contribution in [3.05, 3.63) is 0 Å². The van der Waals surface area contributed by atoms with Gasteiger partial charge < -0.3 is 20.4 Å².